The molecule has 1 saturated heterocycles. The molecule has 2 aromatic rings. The molecule has 0 bridgehead atoms. The number of pyridine rings is 1. The number of H-pyrrole nitrogens is 1. The molecule has 1 saturated carbocycles. The number of aromatic nitrogens is 3. The molecule has 1 aliphatic carbocycles. The number of hydrogen-bond donors (Lipinski definition) is 2. The van der Waals surface area contributed by atoms with E-state index < -0.39 is 0 Å². The molecule has 6 heteroatoms. The Balaban J connectivity index is 1.48. The lowest BCUT2D eigenvalue weighted by Gasteiger charge is -2.33. The van der Waals surface area contributed by atoms with Crippen molar-refractivity contribution in [3.63, 3.8) is 0 Å². The molecule has 0 aromatic carbocycles. The third kappa shape index (κ3) is 2.62. The summed E-state index contributed by atoms with van der Waals surface area (Å²) in [5, 5.41) is 10.7. The first-order valence-electron chi connectivity index (χ1n) is 7.79. The Morgan fingerprint density at radius 1 is 1.27 bits per heavy atom. The highest BCUT2D eigenvalue weighted by molar-refractivity contribution is 5.92. The van der Waals surface area contributed by atoms with Gasteiger partial charge in [-0.05, 0) is 36.6 Å². The minimum Gasteiger partial charge on any atom is -0.334 e. The molecule has 114 valence electrons. The number of rotatable bonds is 3. The summed E-state index contributed by atoms with van der Waals surface area (Å²) in [6, 6.07) is 6.06. The van der Waals surface area contributed by atoms with E-state index in [9.17, 15) is 4.79 Å². The van der Waals surface area contributed by atoms with Crippen LogP contribution in [0.2, 0.25) is 0 Å². The molecule has 3 heterocycles. The third-order valence-electron chi connectivity index (χ3n) is 4.41. The standard InChI is InChI=1S/C16H19N5O/c22-16(14-9-13(19-20-14)11-1-2-11)21-8-7-18-15(10-21)12-3-5-17-6-4-12/h3-6,9,11,15,18H,1-2,7-8,10H2,(H,19,20). The topological polar surface area (TPSA) is 73.9 Å². The van der Waals surface area contributed by atoms with Crippen LogP contribution in [0.5, 0.6) is 0 Å². The van der Waals surface area contributed by atoms with Crippen molar-refractivity contribution < 1.29 is 4.79 Å². The molecule has 1 unspecified atom stereocenters. The molecule has 2 aliphatic rings. The largest absolute Gasteiger partial charge is 0.334 e. The molecule has 1 atom stereocenters. The summed E-state index contributed by atoms with van der Waals surface area (Å²) < 4.78 is 0. The van der Waals surface area contributed by atoms with E-state index in [0.29, 0.717) is 24.7 Å². The van der Waals surface area contributed by atoms with E-state index in [1.165, 1.54) is 12.8 Å². The lowest BCUT2D eigenvalue weighted by molar-refractivity contribution is 0.0697. The maximum Gasteiger partial charge on any atom is 0.274 e. The van der Waals surface area contributed by atoms with Crippen LogP contribution in [0.3, 0.4) is 0 Å². The first-order chi connectivity index (χ1) is 10.8. The smallest absolute Gasteiger partial charge is 0.274 e. The van der Waals surface area contributed by atoms with Crippen molar-refractivity contribution in [1.82, 2.24) is 25.4 Å². The number of aromatic amines is 1. The van der Waals surface area contributed by atoms with Crippen molar-refractivity contribution in [1.29, 1.82) is 0 Å². The average Bonchev–Trinajstić information content (AvgIpc) is 3.32. The van der Waals surface area contributed by atoms with E-state index in [2.05, 4.69) is 20.5 Å². The second-order valence-corrected chi connectivity index (χ2v) is 6.02. The van der Waals surface area contributed by atoms with Gasteiger partial charge in [-0.25, -0.2) is 0 Å². The fourth-order valence-electron chi connectivity index (χ4n) is 2.97. The van der Waals surface area contributed by atoms with Crippen LogP contribution in [0.1, 0.15) is 46.5 Å². The fourth-order valence-corrected chi connectivity index (χ4v) is 2.97. The van der Waals surface area contributed by atoms with Crippen LogP contribution in [0, 0.1) is 0 Å². The third-order valence-corrected chi connectivity index (χ3v) is 4.41. The minimum atomic E-state index is 0.0173. The number of amides is 1. The van der Waals surface area contributed by atoms with Crippen molar-refractivity contribution in [2.45, 2.75) is 24.8 Å². The van der Waals surface area contributed by atoms with E-state index in [4.69, 9.17) is 0 Å². The lowest BCUT2D eigenvalue weighted by Crippen LogP contribution is -2.48. The van der Waals surface area contributed by atoms with Gasteiger partial charge in [-0.15, -0.1) is 0 Å². The van der Waals surface area contributed by atoms with Crippen LogP contribution >= 0.6 is 0 Å². The predicted molar refractivity (Wildman–Crippen MR) is 81.4 cm³/mol. The van der Waals surface area contributed by atoms with Crippen molar-refractivity contribution in [3.05, 3.63) is 47.5 Å². The van der Waals surface area contributed by atoms with E-state index in [1.807, 2.05) is 23.1 Å². The summed E-state index contributed by atoms with van der Waals surface area (Å²) in [4.78, 5) is 18.6. The molecule has 0 radical (unpaired) electrons. The van der Waals surface area contributed by atoms with Gasteiger partial charge in [0.1, 0.15) is 5.69 Å². The maximum atomic E-state index is 12.6. The Kier molecular flexibility index (Phi) is 3.38. The molecule has 2 fully saturated rings. The van der Waals surface area contributed by atoms with Crippen LogP contribution in [-0.4, -0.2) is 45.6 Å². The predicted octanol–water partition coefficient (Wildman–Crippen LogP) is 1.47. The average molecular weight is 297 g/mol. The van der Waals surface area contributed by atoms with Gasteiger partial charge < -0.3 is 10.2 Å². The van der Waals surface area contributed by atoms with Gasteiger partial charge >= 0.3 is 0 Å². The first kappa shape index (κ1) is 13.5. The van der Waals surface area contributed by atoms with E-state index in [1.54, 1.807) is 12.4 Å². The van der Waals surface area contributed by atoms with E-state index in [0.717, 1.165) is 17.8 Å². The van der Waals surface area contributed by atoms with Crippen LogP contribution in [0.15, 0.2) is 30.6 Å². The molecule has 4 rings (SSSR count). The van der Waals surface area contributed by atoms with Gasteiger partial charge in [0, 0.05) is 43.6 Å². The maximum absolute atomic E-state index is 12.6. The number of nitrogens with one attached hydrogen (secondary N) is 2. The Morgan fingerprint density at radius 2 is 2.09 bits per heavy atom. The van der Waals surface area contributed by atoms with Gasteiger partial charge in [-0.2, -0.15) is 5.10 Å². The number of hydrogen-bond acceptors (Lipinski definition) is 4. The molecule has 22 heavy (non-hydrogen) atoms. The van der Waals surface area contributed by atoms with Gasteiger partial charge in [0.2, 0.25) is 0 Å². The Bertz CT molecular complexity index is 664. The Morgan fingerprint density at radius 3 is 2.86 bits per heavy atom. The normalized spacial score (nSPS) is 21.8. The van der Waals surface area contributed by atoms with E-state index >= 15 is 0 Å². The number of nitrogens with zero attached hydrogens (tertiary/aromatic N) is 3. The number of carbonyl (C=O) groups excluding carboxylic acids is 1. The SMILES string of the molecule is O=C(c1cc(C2CC2)[nH]n1)N1CCNC(c2ccncc2)C1. The highest BCUT2D eigenvalue weighted by Crippen LogP contribution is 2.39. The zero-order valence-corrected chi connectivity index (χ0v) is 12.3. The highest BCUT2D eigenvalue weighted by Gasteiger charge is 2.29. The monoisotopic (exact) mass is 297 g/mol. The first-order valence-corrected chi connectivity index (χ1v) is 7.79. The Hall–Kier alpha value is -2.21. The molecule has 0 spiro atoms. The van der Waals surface area contributed by atoms with Gasteiger partial charge in [-0.1, -0.05) is 0 Å². The molecule has 2 N–H and O–H groups in total. The van der Waals surface area contributed by atoms with Crippen molar-refractivity contribution in [2.75, 3.05) is 19.6 Å². The highest BCUT2D eigenvalue weighted by atomic mass is 16.2. The van der Waals surface area contributed by atoms with Gasteiger partial charge in [0.05, 0.1) is 6.04 Å². The van der Waals surface area contributed by atoms with Crippen molar-refractivity contribution in [3.8, 4) is 0 Å². The molecular formula is C16H19N5O. The summed E-state index contributed by atoms with van der Waals surface area (Å²) in [5.41, 5.74) is 2.80. The Labute approximate surface area is 128 Å². The summed E-state index contributed by atoms with van der Waals surface area (Å²) in [6.45, 7) is 2.17. The van der Waals surface area contributed by atoms with Crippen LogP contribution < -0.4 is 5.32 Å². The zero-order chi connectivity index (χ0) is 14.9. The number of piperazine rings is 1. The molecule has 1 amide bonds. The summed E-state index contributed by atoms with van der Waals surface area (Å²) in [6.07, 6.45) is 5.97. The van der Waals surface area contributed by atoms with Gasteiger partial charge in [-0.3, -0.25) is 14.9 Å². The molecular weight excluding hydrogens is 278 g/mol. The fraction of sp³-hybridized carbons (Fsp3) is 0.438. The van der Waals surface area contributed by atoms with Gasteiger partial charge in [0.25, 0.3) is 5.91 Å². The zero-order valence-electron chi connectivity index (χ0n) is 12.3. The molecule has 1 aliphatic heterocycles. The summed E-state index contributed by atoms with van der Waals surface area (Å²) in [7, 11) is 0. The minimum absolute atomic E-state index is 0.0173. The summed E-state index contributed by atoms with van der Waals surface area (Å²) in [5.74, 6) is 0.602. The van der Waals surface area contributed by atoms with Crippen LogP contribution in [-0.2, 0) is 0 Å². The second-order valence-electron chi connectivity index (χ2n) is 6.02. The van der Waals surface area contributed by atoms with Crippen molar-refractivity contribution in [2.24, 2.45) is 0 Å². The van der Waals surface area contributed by atoms with Crippen molar-refractivity contribution >= 4 is 5.91 Å². The van der Waals surface area contributed by atoms with Crippen LogP contribution in [0.4, 0.5) is 0 Å². The molecule has 2 aromatic heterocycles. The van der Waals surface area contributed by atoms with Gasteiger partial charge in [0.15, 0.2) is 0 Å². The number of carbonyl (C=O) groups is 1. The lowest BCUT2D eigenvalue weighted by atomic mass is 10.1. The van der Waals surface area contributed by atoms with E-state index in [-0.39, 0.29) is 11.9 Å². The summed E-state index contributed by atoms with van der Waals surface area (Å²) >= 11 is 0. The molecule has 6 nitrogen and oxygen atoms in total. The van der Waals surface area contributed by atoms with Crippen LogP contribution in [0.25, 0.3) is 0 Å². The quantitative estimate of drug-likeness (QED) is 0.899. The second kappa shape index (κ2) is 5.53.